The number of carbonyl (C=O) groups excluding carboxylic acids is 1. The maximum absolute atomic E-state index is 11.2. The van der Waals surface area contributed by atoms with Crippen molar-refractivity contribution in [2.75, 3.05) is 0 Å². The first kappa shape index (κ1) is 10.5. The van der Waals surface area contributed by atoms with E-state index in [1.54, 1.807) is 0 Å². The average molecular weight is 185 g/mol. The number of nitrogens with one attached hydrogen (secondary N) is 1. The number of amides is 1. The van der Waals surface area contributed by atoms with Gasteiger partial charge in [0.2, 0.25) is 5.91 Å². The van der Waals surface area contributed by atoms with E-state index in [1.165, 1.54) is 0 Å². The second-order valence-electron chi connectivity index (χ2n) is 3.85. The van der Waals surface area contributed by atoms with Crippen LogP contribution in [0, 0.1) is 0 Å². The maximum atomic E-state index is 11.2. The maximum Gasteiger partial charge on any atom is 0.220 e. The minimum Gasteiger partial charge on any atom is -0.393 e. The van der Waals surface area contributed by atoms with Gasteiger partial charge in [-0.15, -0.1) is 0 Å². The third-order valence-electron chi connectivity index (χ3n) is 2.49. The Bertz CT molecular complexity index is 164. The van der Waals surface area contributed by atoms with Crippen LogP contribution in [0.4, 0.5) is 0 Å². The molecule has 0 bridgehead atoms. The van der Waals surface area contributed by atoms with E-state index in [-0.39, 0.29) is 18.1 Å². The molecular weight excluding hydrogens is 166 g/mol. The zero-order valence-corrected chi connectivity index (χ0v) is 8.25. The molecule has 1 saturated carbocycles. The topological polar surface area (TPSA) is 49.3 Å². The second kappa shape index (κ2) is 5.22. The van der Waals surface area contributed by atoms with Crippen LogP contribution in [0.25, 0.3) is 0 Å². The summed E-state index contributed by atoms with van der Waals surface area (Å²) in [5.41, 5.74) is 0. The zero-order valence-electron chi connectivity index (χ0n) is 8.25. The van der Waals surface area contributed by atoms with Crippen molar-refractivity contribution in [1.29, 1.82) is 0 Å². The molecule has 2 N–H and O–H groups in total. The molecule has 0 aromatic heterocycles. The Morgan fingerprint density at radius 2 is 2.15 bits per heavy atom. The molecule has 3 heteroatoms. The van der Waals surface area contributed by atoms with Gasteiger partial charge in [-0.3, -0.25) is 4.79 Å². The highest BCUT2D eigenvalue weighted by Crippen LogP contribution is 2.19. The van der Waals surface area contributed by atoms with Gasteiger partial charge in [0.1, 0.15) is 0 Å². The number of hydrogen-bond acceptors (Lipinski definition) is 2. The molecule has 0 heterocycles. The molecular formula is C10H19NO2. The van der Waals surface area contributed by atoms with Gasteiger partial charge in [0.15, 0.2) is 0 Å². The van der Waals surface area contributed by atoms with Crippen molar-refractivity contribution in [1.82, 2.24) is 5.32 Å². The predicted molar refractivity (Wildman–Crippen MR) is 51.3 cm³/mol. The number of carbonyl (C=O) groups is 1. The van der Waals surface area contributed by atoms with Crippen molar-refractivity contribution in [3.63, 3.8) is 0 Å². The van der Waals surface area contributed by atoms with Gasteiger partial charge in [-0.25, -0.2) is 0 Å². The molecule has 0 aliphatic heterocycles. The molecule has 0 atom stereocenters. The van der Waals surface area contributed by atoms with Gasteiger partial charge in [-0.05, 0) is 19.3 Å². The molecule has 13 heavy (non-hydrogen) atoms. The number of aliphatic hydroxyl groups is 1. The first-order valence-electron chi connectivity index (χ1n) is 5.19. The summed E-state index contributed by atoms with van der Waals surface area (Å²) < 4.78 is 0. The van der Waals surface area contributed by atoms with Crippen LogP contribution in [0.2, 0.25) is 0 Å². The summed E-state index contributed by atoms with van der Waals surface area (Å²) in [6.07, 6.45) is 5.19. The summed E-state index contributed by atoms with van der Waals surface area (Å²) in [4.78, 5) is 11.2. The number of hydrogen-bond donors (Lipinski definition) is 2. The molecule has 0 aromatic carbocycles. The second-order valence-corrected chi connectivity index (χ2v) is 3.85. The minimum atomic E-state index is -0.180. The van der Waals surface area contributed by atoms with Crippen LogP contribution < -0.4 is 5.32 Å². The number of rotatable bonds is 5. The van der Waals surface area contributed by atoms with Crippen LogP contribution in [0.5, 0.6) is 0 Å². The van der Waals surface area contributed by atoms with Crippen molar-refractivity contribution in [2.24, 2.45) is 0 Å². The molecule has 0 aromatic rings. The molecule has 1 fully saturated rings. The highest BCUT2D eigenvalue weighted by atomic mass is 16.3. The van der Waals surface area contributed by atoms with Crippen molar-refractivity contribution >= 4 is 5.91 Å². The monoisotopic (exact) mass is 185 g/mol. The van der Waals surface area contributed by atoms with Crippen LogP contribution in [0.3, 0.4) is 0 Å². The standard InChI is InChI=1S/C10H19NO2/c1-2-3-4-5-10(13)11-8-6-9(12)7-8/h8-9,12H,2-7H2,1H3,(H,11,13). The summed E-state index contributed by atoms with van der Waals surface area (Å²) >= 11 is 0. The first-order valence-corrected chi connectivity index (χ1v) is 5.19. The first-order chi connectivity index (χ1) is 6.22. The lowest BCUT2D eigenvalue weighted by atomic mass is 9.89. The fourth-order valence-electron chi connectivity index (χ4n) is 1.54. The Balaban J connectivity index is 1.98. The third kappa shape index (κ3) is 3.77. The molecule has 76 valence electrons. The van der Waals surface area contributed by atoms with Crippen molar-refractivity contribution in [3.05, 3.63) is 0 Å². The number of unbranched alkanes of at least 4 members (excludes halogenated alkanes) is 2. The molecule has 1 rings (SSSR count). The van der Waals surface area contributed by atoms with E-state index in [0.29, 0.717) is 6.42 Å². The van der Waals surface area contributed by atoms with Crippen LogP contribution in [0.15, 0.2) is 0 Å². The summed E-state index contributed by atoms with van der Waals surface area (Å²) in [5.74, 6) is 0.144. The fourth-order valence-corrected chi connectivity index (χ4v) is 1.54. The zero-order chi connectivity index (χ0) is 9.68. The Morgan fingerprint density at radius 3 is 2.69 bits per heavy atom. The average Bonchev–Trinajstić information content (AvgIpc) is 2.02. The SMILES string of the molecule is CCCCCC(=O)NC1CC(O)C1. The third-order valence-corrected chi connectivity index (χ3v) is 2.49. The van der Waals surface area contributed by atoms with E-state index in [2.05, 4.69) is 12.2 Å². The molecule has 1 aliphatic rings. The van der Waals surface area contributed by atoms with Crippen LogP contribution in [-0.2, 0) is 4.79 Å². The van der Waals surface area contributed by atoms with E-state index >= 15 is 0 Å². The molecule has 1 amide bonds. The quantitative estimate of drug-likeness (QED) is 0.632. The molecule has 3 nitrogen and oxygen atoms in total. The van der Waals surface area contributed by atoms with Crippen LogP contribution in [0.1, 0.15) is 45.4 Å². The van der Waals surface area contributed by atoms with Crippen LogP contribution in [-0.4, -0.2) is 23.2 Å². The lowest BCUT2D eigenvalue weighted by Crippen LogP contribution is -2.46. The van der Waals surface area contributed by atoms with E-state index < -0.39 is 0 Å². The largest absolute Gasteiger partial charge is 0.393 e. The Morgan fingerprint density at radius 1 is 1.46 bits per heavy atom. The van der Waals surface area contributed by atoms with E-state index in [0.717, 1.165) is 32.1 Å². The van der Waals surface area contributed by atoms with Gasteiger partial charge in [-0.1, -0.05) is 19.8 Å². The number of aliphatic hydroxyl groups excluding tert-OH is 1. The fraction of sp³-hybridized carbons (Fsp3) is 0.900. The molecule has 0 saturated heterocycles. The van der Waals surface area contributed by atoms with Gasteiger partial charge < -0.3 is 10.4 Å². The van der Waals surface area contributed by atoms with Gasteiger partial charge in [0.25, 0.3) is 0 Å². The van der Waals surface area contributed by atoms with E-state index in [1.807, 2.05) is 0 Å². The Labute approximate surface area is 79.5 Å². The molecule has 0 spiro atoms. The summed E-state index contributed by atoms with van der Waals surface area (Å²) in [6.45, 7) is 2.13. The van der Waals surface area contributed by atoms with Gasteiger partial charge in [0.05, 0.1) is 6.10 Å². The van der Waals surface area contributed by atoms with Crippen LogP contribution >= 0.6 is 0 Å². The summed E-state index contributed by atoms with van der Waals surface area (Å²) in [5, 5.41) is 11.9. The predicted octanol–water partition coefficient (Wildman–Crippen LogP) is 1.21. The van der Waals surface area contributed by atoms with Crippen molar-refractivity contribution in [3.8, 4) is 0 Å². The molecule has 1 aliphatic carbocycles. The van der Waals surface area contributed by atoms with Gasteiger partial charge in [-0.2, -0.15) is 0 Å². The molecule has 0 radical (unpaired) electrons. The summed E-state index contributed by atoms with van der Waals surface area (Å²) in [6, 6.07) is 0.240. The Kier molecular flexibility index (Phi) is 4.22. The Hall–Kier alpha value is -0.570. The molecule has 0 unspecified atom stereocenters. The normalized spacial score (nSPS) is 26.6. The highest BCUT2D eigenvalue weighted by molar-refractivity contribution is 5.76. The minimum absolute atomic E-state index is 0.144. The lowest BCUT2D eigenvalue weighted by molar-refractivity contribution is -0.123. The smallest absolute Gasteiger partial charge is 0.220 e. The lowest BCUT2D eigenvalue weighted by Gasteiger charge is -2.31. The summed E-state index contributed by atoms with van der Waals surface area (Å²) in [7, 11) is 0. The van der Waals surface area contributed by atoms with Crippen molar-refractivity contribution in [2.45, 2.75) is 57.6 Å². The van der Waals surface area contributed by atoms with E-state index in [9.17, 15) is 4.79 Å². The van der Waals surface area contributed by atoms with Gasteiger partial charge >= 0.3 is 0 Å². The van der Waals surface area contributed by atoms with Gasteiger partial charge in [0, 0.05) is 12.5 Å². The van der Waals surface area contributed by atoms with Crippen molar-refractivity contribution < 1.29 is 9.90 Å². The highest BCUT2D eigenvalue weighted by Gasteiger charge is 2.27. The van der Waals surface area contributed by atoms with E-state index in [4.69, 9.17) is 5.11 Å².